The fourth-order valence-corrected chi connectivity index (χ4v) is 2.12. The van der Waals surface area contributed by atoms with Crippen LogP contribution >= 0.6 is 0 Å². The molecular weight excluding hydrogens is 252 g/mol. The molecule has 0 bridgehead atoms. The molecule has 1 N–H and O–H groups in total. The third-order valence-electron chi connectivity index (χ3n) is 3.32. The number of hydrogen-bond donors (Lipinski definition) is 1. The Hall–Kier alpha value is -2.36. The van der Waals surface area contributed by atoms with Crippen LogP contribution in [0.2, 0.25) is 0 Å². The van der Waals surface area contributed by atoms with E-state index in [1.807, 2.05) is 32.3 Å². The van der Waals surface area contributed by atoms with Crippen molar-refractivity contribution < 1.29 is 9.47 Å². The van der Waals surface area contributed by atoms with Gasteiger partial charge in [0.2, 0.25) is 6.79 Å². The Bertz CT molecular complexity index is 594. The number of rotatable bonds is 4. The highest BCUT2D eigenvalue weighted by Gasteiger charge is 2.12. The van der Waals surface area contributed by atoms with Crippen molar-refractivity contribution in [2.24, 2.45) is 0 Å². The van der Waals surface area contributed by atoms with Crippen molar-refractivity contribution in [2.75, 3.05) is 31.1 Å². The molecule has 0 aromatic heterocycles. The fourth-order valence-electron chi connectivity index (χ4n) is 2.12. The van der Waals surface area contributed by atoms with Gasteiger partial charge < -0.3 is 19.7 Å². The van der Waals surface area contributed by atoms with Gasteiger partial charge in [-0.15, -0.1) is 0 Å². The summed E-state index contributed by atoms with van der Waals surface area (Å²) >= 11 is 0. The molecule has 4 heteroatoms. The number of fused-ring (bicyclic) bond motifs is 1. The summed E-state index contributed by atoms with van der Waals surface area (Å²) in [4.78, 5) is 2.09. The molecule has 1 aliphatic heterocycles. The molecule has 0 fully saturated rings. The lowest BCUT2D eigenvalue weighted by Crippen LogP contribution is -2.08. The lowest BCUT2D eigenvalue weighted by Gasteiger charge is -2.13. The highest BCUT2D eigenvalue weighted by atomic mass is 16.7. The van der Waals surface area contributed by atoms with Crippen molar-refractivity contribution in [3.05, 3.63) is 48.0 Å². The first-order chi connectivity index (χ1) is 9.72. The summed E-state index contributed by atoms with van der Waals surface area (Å²) in [6.45, 7) is 1.10. The van der Waals surface area contributed by atoms with Crippen LogP contribution in [0.3, 0.4) is 0 Å². The van der Waals surface area contributed by atoms with E-state index < -0.39 is 0 Å². The van der Waals surface area contributed by atoms with Crippen LogP contribution in [0.15, 0.2) is 42.5 Å². The maximum Gasteiger partial charge on any atom is 0.231 e. The molecule has 2 aromatic rings. The molecule has 0 amide bonds. The van der Waals surface area contributed by atoms with E-state index in [1.54, 1.807) is 0 Å². The van der Waals surface area contributed by atoms with Gasteiger partial charge in [-0.2, -0.15) is 0 Å². The van der Waals surface area contributed by atoms with E-state index in [9.17, 15) is 0 Å². The molecule has 0 spiro atoms. The molecule has 20 heavy (non-hydrogen) atoms. The number of nitrogens with zero attached hydrogens (tertiary/aromatic N) is 1. The van der Waals surface area contributed by atoms with Crippen LogP contribution < -0.4 is 19.7 Å². The van der Waals surface area contributed by atoms with Crippen molar-refractivity contribution in [3.8, 4) is 11.5 Å². The predicted octanol–water partition coefficient (Wildman–Crippen LogP) is 3.09. The molecule has 104 valence electrons. The minimum Gasteiger partial charge on any atom is -0.454 e. The van der Waals surface area contributed by atoms with Crippen LogP contribution in [-0.2, 0) is 6.54 Å². The number of ether oxygens (including phenoxy) is 2. The lowest BCUT2D eigenvalue weighted by atomic mass is 10.2. The minimum atomic E-state index is 0.310. The number of hydrogen-bond acceptors (Lipinski definition) is 4. The zero-order valence-corrected chi connectivity index (χ0v) is 11.7. The maximum absolute atomic E-state index is 5.37. The van der Waals surface area contributed by atoms with E-state index in [-0.39, 0.29) is 0 Å². The molecular formula is C16H18N2O2. The highest BCUT2D eigenvalue weighted by molar-refractivity contribution is 5.56. The first-order valence-electron chi connectivity index (χ1n) is 6.62. The standard InChI is InChI=1S/C16H18N2O2/c1-18(2)14-6-3-12(4-7-14)10-17-13-5-8-15-16(9-13)20-11-19-15/h3-9,17H,10-11H2,1-2H3. The van der Waals surface area contributed by atoms with Gasteiger partial charge in [0.25, 0.3) is 0 Å². The number of nitrogens with one attached hydrogen (secondary N) is 1. The van der Waals surface area contributed by atoms with Gasteiger partial charge in [0, 0.05) is 38.1 Å². The average molecular weight is 270 g/mol. The molecule has 4 nitrogen and oxygen atoms in total. The lowest BCUT2D eigenvalue weighted by molar-refractivity contribution is 0.174. The fraction of sp³-hybridized carbons (Fsp3) is 0.250. The minimum absolute atomic E-state index is 0.310. The molecule has 2 aromatic carbocycles. The van der Waals surface area contributed by atoms with Gasteiger partial charge in [-0.3, -0.25) is 0 Å². The SMILES string of the molecule is CN(C)c1ccc(CNc2ccc3c(c2)OCO3)cc1. The van der Waals surface area contributed by atoms with Crippen LogP contribution in [0, 0.1) is 0 Å². The molecule has 0 saturated heterocycles. The van der Waals surface area contributed by atoms with Crippen molar-refractivity contribution in [1.82, 2.24) is 0 Å². The molecule has 3 rings (SSSR count). The normalized spacial score (nSPS) is 12.3. The Morgan fingerprint density at radius 3 is 2.50 bits per heavy atom. The van der Waals surface area contributed by atoms with Gasteiger partial charge in [0.1, 0.15) is 0 Å². The van der Waals surface area contributed by atoms with Crippen LogP contribution in [-0.4, -0.2) is 20.9 Å². The van der Waals surface area contributed by atoms with Crippen LogP contribution in [0.4, 0.5) is 11.4 Å². The Labute approximate surface area is 118 Å². The van der Waals surface area contributed by atoms with Crippen LogP contribution in [0.5, 0.6) is 11.5 Å². The van der Waals surface area contributed by atoms with Crippen molar-refractivity contribution in [2.45, 2.75) is 6.54 Å². The summed E-state index contributed by atoms with van der Waals surface area (Å²) in [6, 6.07) is 14.4. The van der Waals surface area contributed by atoms with E-state index in [2.05, 4.69) is 34.5 Å². The first kappa shape index (κ1) is 12.7. The van der Waals surface area contributed by atoms with Gasteiger partial charge in [-0.05, 0) is 29.8 Å². The molecule has 0 atom stereocenters. The molecule has 1 aliphatic rings. The second-order valence-corrected chi connectivity index (χ2v) is 4.98. The zero-order chi connectivity index (χ0) is 13.9. The van der Waals surface area contributed by atoms with E-state index in [0.29, 0.717) is 6.79 Å². The van der Waals surface area contributed by atoms with Gasteiger partial charge >= 0.3 is 0 Å². The molecule has 0 saturated carbocycles. The predicted molar refractivity (Wildman–Crippen MR) is 80.7 cm³/mol. The quantitative estimate of drug-likeness (QED) is 0.925. The van der Waals surface area contributed by atoms with Gasteiger partial charge in [0.15, 0.2) is 11.5 Å². The monoisotopic (exact) mass is 270 g/mol. The van der Waals surface area contributed by atoms with E-state index in [4.69, 9.17) is 9.47 Å². The topological polar surface area (TPSA) is 33.7 Å². The second-order valence-electron chi connectivity index (χ2n) is 4.98. The number of anilines is 2. The summed E-state index contributed by atoms with van der Waals surface area (Å²) in [5.41, 5.74) is 3.48. The Morgan fingerprint density at radius 1 is 1.00 bits per heavy atom. The first-order valence-corrected chi connectivity index (χ1v) is 6.62. The maximum atomic E-state index is 5.37. The highest BCUT2D eigenvalue weighted by Crippen LogP contribution is 2.34. The summed E-state index contributed by atoms with van der Waals surface area (Å²) in [5.74, 6) is 1.61. The molecule has 1 heterocycles. The van der Waals surface area contributed by atoms with Crippen LogP contribution in [0.25, 0.3) is 0 Å². The summed E-state index contributed by atoms with van der Waals surface area (Å²) in [5, 5.41) is 3.39. The van der Waals surface area contributed by atoms with Gasteiger partial charge in [-0.25, -0.2) is 0 Å². The van der Waals surface area contributed by atoms with Crippen molar-refractivity contribution in [3.63, 3.8) is 0 Å². The molecule has 0 aliphatic carbocycles. The summed E-state index contributed by atoms with van der Waals surface area (Å²) in [7, 11) is 4.08. The van der Waals surface area contributed by atoms with E-state index >= 15 is 0 Å². The van der Waals surface area contributed by atoms with E-state index in [0.717, 1.165) is 23.7 Å². The zero-order valence-electron chi connectivity index (χ0n) is 11.7. The third kappa shape index (κ3) is 2.64. The smallest absolute Gasteiger partial charge is 0.231 e. The summed E-state index contributed by atoms with van der Waals surface area (Å²) < 4.78 is 10.7. The summed E-state index contributed by atoms with van der Waals surface area (Å²) in [6.07, 6.45) is 0. The Kier molecular flexibility index (Phi) is 3.37. The van der Waals surface area contributed by atoms with Gasteiger partial charge in [0.05, 0.1) is 0 Å². The molecule has 0 radical (unpaired) electrons. The second kappa shape index (κ2) is 5.33. The van der Waals surface area contributed by atoms with E-state index in [1.165, 1.54) is 11.3 Å². The van der Waals surface area contributed by atoms with Crippen LogP contribution in [0.1, 0.15) is 5.56 Å². The molecule has 0 unspecified atom stereocenters. The number of benzene rings is 2. The van der Waals surface area contributed by atoms with Gasteiger partial charge in [-0.1, -0.05) is 12.1 Å². The largest absolute Gasteiger partial charge is 0.454 e. The third-order valence-corrected chi connectivity index (χ3v) is 3.32. The average Bonchev–Trinajstić information content (AvgIpc) is 2.93. The Morgan fingerprint density at radius 2 is 1.75 bits per heavy atom. The Balaban J connectivity index is 1.64. The van der Waals surface area contributed by atoms with Crippen molar-refractivity contribution in [1.29, 1.82) is 0 Å². The van der Waals surface area contributed by atoms with Crippen molar-refractivity contribution >= 4 is 11.4 Å².